The summed E-state index contributed by atoms with van der Waals surface area (Å²) in [5.41, 5.74) is 5.74. The van der Waals surface area contributed by atoms with Crippen LogP contribution in [0.25, 0.3) is 0 Å². The highest BCUT2D eigenvalue weighted by molar-refractivity contribution is 5.78. The molecule has 3 N–H and O–H groups in total. The molecule has 0 aromatic heterocycles. The molecule has 0 spiro atoms. The minimum Gasteiger partial charge on any atom is -0.370 e. The van der Waals surface area contributed by atoms with E-state index < -0.39 is 12.7 Å². The van der Waals surface area contributed by atoms with Crippen LogP contribution in [0.3, 0.4) is 0 Å². The molecule has 1 aliphatic rings. The number of nitrogens with two attached hydrogens (primary N) is 1. The van der Waals surface area contributed by atoms with E-state index >= 15 is 0 Å². The summed E-state index contributed by atoms with van der Waals surface area (Å²) in [4.78, 5) is 5.60. The van der Waals surface area contributed by atoms with Crippen molar-refractivity contribution in [1.82, 2.24) is 10.2 Å². The lowest BCUT2D eigenvalue weighted by Crippen LogP contribution is -2.42. The van der Waals surface area contributed by atoms with Gasteiger partial charge in [-0.25, -0.2) is 0 Å². The van der Waals surface area contributed by atoms with Crippen LogP contribution in [0.5, 0.6) is 0 Å². The van der Waals surface area contributed by atoms with Gasteiger partial charge in [-0.2, -0.15) is 13.2 Å². The van der Waals surface area contributed by atoms with E-state index in [1.807, 2.05) is 0 Å². The van der Waals surface area contributed by atoms with Crippen LogP contribution in [0.4, 0.5) is 13.2 Å². The molecule has 1 fully saturated rings. The molecule has 118 valence electrons. The summed E-state index contributed by atoms with van der Waals surface area (Å²) in [6, 6.07) is -0.0308. The van der Waals surface area contributed by atoms with Gasteiger partial charge >= 0.3 is 6.18 Å². The molecule has 0 aliphatic carbocycles. The Morgan fingerprint density at radius 3 is 2.75 bits per heavy atom. The van der Waals surface area contributed by atoms with Gasteiger partial charge in [0.15, 0.2) is 5.96 Å². The number of hydrogen-bond donors (Lipinski definition) is 2. The third-order valence-corrected chi connectivity index (χ3v) is 3.32. The molecule has 4 nitrogen and oxygen atoms in total. The van der Waals surface area contributed by atoms with Gasteiger partial charge in [0.1, 0.15) is 0 Å². The van der Waals surface area contributed by atoms with Crippen LogP contribution in [-0.4, -0.2) is 49.3 Å². The molecule has 1 heterocycles. The quantitative estimate of drug-likeness (QED) is 0.429. The van der Waals surface area contributed by atoms with Gasteiger partial charge in [0.25, 0.3) is 0 Å². The molecular weight excluding hydrogens is 269 g/mol. The van der Waals surface area contributed by atoms with E-state index in [1.54, 1.807) is 0 Å². The third kappa shape index (κ3) is 7.57. The Morgan fingerprint density at radius 2 is 2.10 bits per heavy atom. The first kappa shape index (κ1) is 17.1. The molecule has 0 bridgehead atoms. The van der Waals surface area contributed by atoms with Gasteiger partial charge in [-0.3, -0.25) is 9.89 Å². The van der Waals surface area contributed by atoms with E-state index in [0.717, 1.165) is 12.8 Å². The van der Waals surface area contributed by atoms with Crippen LogP contribution in [0, 0.1) is 0 Å². The maximum Gasteiger partial charge on any atom is 0.401 e. The molecule has 20 heavy (non-hydrogen) atoms. The van der Waals surface area contributed by atoms with Crippen molar-refractivity contribution < 1.29 is 13.2 Å². The fourth-order valence-corrected chi connectivity index (χ4v) is 2.34. The first-order chi connectivity index (χ1) is 9.40. The lowest BCUT2D eigenvalue weighted by Gasteiger charge is -2.18. The monoisotopic (exact) mass is 294 g/mol. The minimum absolute atomic E-state index is 0.0308. The molecule has 7 heteroatoms. The number of aliphatic imine (C=N–C) groups is 1. The zero-order valence-electron chi connectivity index (χ0n) is 12.0. The number of guanidine groups is 1. The first-order valence-electron chi connectivity index (χ1n) is 7.26. The average molecular weight is 294 g/mol. The molecule has 0 aromatic carbocycles. The van der Waals surface area contributed by atoms with Gasteiger partial charge in [0.2, 0.25) is 0 Å². The van der Waals surface area contributed by atoms with Crippen molar-refractivity contribution in [2.75, 3.05) is 26.2 Å². The molecule has 1 rings (SSSR count). The number of nitrogens with one attached hydrogen (secondary N) is 1. The summed E-state index contributed by atoms with van der Waals surface area (Å²) in [6.07, 6.45) is 1.04. The Morgan fingerprint density at radius 1 is 1.35 bits per heavy atom. The van der Waals surface area contributed by atoms with Gasteiger partial charge in [-0.05, 0) is 12.8 Å². The van der Waals surface area contributed by atoms with E-state index in [9.17, 15) is 13.2 Å². The Bertz CT molecular complexity index is 304. The van der Waals surface area contributed by atoms with Crippen molar-refractivity contribution >= 4 is 5.96 Å². The van der Waals surface area contributed by atoms with Crippen molar-refractivity contribution in [3.8, 4) is 0 Å². The fraction of sp³-hybridized carbons (Fsp3) is 0.923. The molecule has 0 radical (unpaired) electrons. The normalized spacial score (nSPS) is 21.4. The smallest absolute Gasteiger partial charge is 0.370 e. The second-order valence-electron chi connectivity index (χ2n) is 5.31. The van der Waals surface area contributed by atoms with Gasteiger partial charge in [0, 0.05) is 25.7 Å². The predicted molar refractivity (Wildman–Crippen MR) is 74.7 cm³/mol. The van der Waals surface area contributed by atoms with Crippen LogP contribution in [-0.2, 0) is 0 Å². The molecular formula is C13H25F3N4. The number of likely N-dealkylation sites (tertiary alicyclic amines) is 1. The van der Waals surface area contributed by atoms with Crippen molar-refractivity contribution in [3.63, 3.8) is 0 Å². The lowest BCUT2D eigenvalue weighted by atomic mass is 10.2. The number of nitrogens with zero attached hydrogens (tertiary/aromatic N) is 2. The molecule has 0 saturated carbocycles. The van der Waals surface area contributed by atoms with Crippen LogP contribution in [0.2, 0.25) is 0 Å². The molecule has 0 aromatic rings. The van der Waals surface area contributed by atoms with E-state index in [1.165, 1.54) is 17.7 Å². The molecule has 1 unspecified atom stereocenters. The number of hydrogen-bond acceptors (Lipinski definition) is 2. The number of halogens is 3. The van der Waals surface area contributed by atoms with Gasteiger partial charge in [-0.1, -0.05) is 26.2 Å². The van der Waals surface area contributed by atoms with Crippen LogP contribution in [0.1, 0.15) is 39.0 Å². The van der Waals surface area contributed by atoms with Crippen LogP contribution < -0.4 is 11.1 Å². The lowest BCUT2D eigenvalue weighted by molar-refractivity contribution is -0.143. The van der Waals surface area contributed by atoms with Crippen LogP contribution >= 0.6 is 0 Å². The minimum atomic E-state index is -4.13. The predicted octanol–water partition coefficient (Wildman–Crippen LogP) is 2.11. The maximum absolute atomic E-state index is 12.3. The highest BCUT2D eigenvalue weighted by Gasteiger charge is 2.34. The van der Waals surface area contributed by atoms with E-state index in [-0.39, 0.29) is 6.04 Å². The third-order valence-electron chi connectivity index (χ3n) is 3.32. The second-order valence-corrected chi connectivity index (χ2v) is 5.31. The van der Waals surface area contributed by atoms with Crippen molar-refractivity contribution in [2.45, 2.75) is 51.2 Å². The summed E-state index contributed by atoms with van der Waals surface area (Å²) >= 11 is 0. The van der Waals surface area contributed by atoms with E-state index in [0.29, 0.717) is 32.0 Å². The summed E-state index contributed by atoms with van der Waals surface area (Å²) in [5.74, 6) is 0.348. The Labute approximate surface area is 118 Å². The Hall–Kier alpha value is -0.980. The second kappa shape index (κ2) is 8.34. The zero-order valence-corrected chi connectivity index (χ0v) is 12.0. The molecule has 1 atom stereocenters. The summed E-state index contributed by atoms with van der Waals surface area (Å²) < 4.78 is 36.8. The van der Waals surface area contributed by atoms with Crippen LogP contribution in [0.15, 0.2) is 4.99 Å². The van der Waals surface area contributed by atoms with E-state index in [4.69, 9.17) is 5.73 Å². The highest BCUT2D eigenvalue weighted by atomic mass is 19.4. The standard InChI is InChI=1S/C13H25F3N4/c1-2-3-4-5-7-18-12(17)19-11-6-8-20(9-11)10-13(14,15)16/h11H,2-10H2,1H3,(H3,17,18,19). The molecule has 0 amide bonds. The maximum atomic E-state index is 12.3. The highest BCUT2D eigenvalue weighted by Crippen LogP contribution is 2.19. The Kier molecular flexibility index (Phi) is 7.12. The summed E-state index contributed by atoms with van der Waals surface area (Å²) in [6.45, 7) is 2.79. The van der Waals surface area contributed by atoms with Gasteiger partial charge in [0.05, 0.1) is 6.54 Å². The van der Waals surface area contributed by atoms with Crippen molar-refractivity contribution in [2.24, 2.45) is 10.7 Å². The van der Waals surface area contributed by atoms with Gasteiger partial charge in [-0.15, -0.1) is 0 Å². The number of alkyl halides is 3. The average Bonchev–Trinajstić information content (AvgIpc) is 2.73. The topological polar surface area (TPSA) is 53.6 Å². The molecule has 1 aliphatic heterocycles. The zero-order chi connectivity index (χ0) is 15.0. The van der Waals surface area contributed by atoms with Crippen molar-refractivity contribution in [3.05, 3.63) is 0 Å². The SMILES string of the molecule is CCCCCCN=C(N)NC1CCN(CC(F)(F)F)C1. The number of unbranched alkanes of at least 4 members (excludes halogenated alkanes) is 3. The summed E-state index contributed by atoms with van der Waals surface area (Å²) in [7, 11) is 0. The summed E-state index contributed by atoms with van der Waals surface area (Å²) in [5, 5.41) is 3.00. The largest absolute Gasteiger partial charge is 0.401 e. The van der Waals surface area contributed by atoms with Gasteiger partial charge < -0.3 is 11.1 Å². The fourth-order valence-electron chi connectivity index (χ4n) is 2.34. The Balaban J connectivity index is 2.20. The first-order valence-corrected chi connectivity index (χ1v) is 7.26. The van der Waals surface area contributed by atoms with E-state index in [2.05, 4.69) is 17.2 Å². The number of rotatable bonds is 7. The molecule has 1 saturated heterocycles. The van der Waals surface area contributed by atoms with Crippen molar-refractivity contribution in [1.29, 1.82) is 0 Å².